The van der Waals surface area contributed by atoms with E-state index < -0.39 is 16.1 Å². The Hall–Kier alpha value is 1.38. The summed E-state index contributed by atoms with van der Waals surface area (Å²) in [5, 5.41) is 3.16. The van der Waals surface area contributed by atoms with Gasteiger partial charge in [-0.1, -0.05) is 39.3 Å². The normalized spacial score (nSPS) is 15.1. The van der Waals surface area contributed by atoms with E-state index in [0.717, 1.165) is 0 Å². The largest absolute Gasteiger partial charge is 3.00 e. The van der Waals surface area contributed by atoms with E-state index in [1.807, 2.05) is 0 Å². The first kappa shape index (κ1) is 22.5. The SMILES string of the molecule is C[Si](C)(C)C1=[C-]C([Si](C)(C)C)=CC1.[Cl-].[Cl-].[Zr+3]. The number of halogens is 2. The smallest absolute Gasteiger partial charge is 1.00 e. The molecule has 5 heteroatoms. The van der Waals surface area contributed by atoms with Crippen LogP contribution in [-0.4, -0.2) is 16.1 Å². The molecular weight excluding hydrogens is 350 g/mol. The van der Waals surface area contributed by atoms with Gasteiger partial charge in [-0.15, -0.1) is 6.42 Å². The van der Waals surface area contributed by atoms with Crippen molar-refractivity contribution < 1.29 is 51.0 Å². The molecule has 16 heavy (non-hydrogen) atoms. The molecule has 0 amide bonds. The van der Waals surface area contributed by atoms with Gasteiger partial charge in [-0.25, -0.2) is 11.3 Å². The molecule has 0 aliphatic heterocycles. The Bertz CT molecular complexity index is 273. The maximum atomic E-state index is 3.67. The predicted octanol–water partition coefficient (Wildman–Crippen LogP) is -2.19. The Balaban J connectivity index is -0.000000563. The summed E-state index contributed by atoms with van der Waals surface area (Å²) in [7, 11) is -2.16. The molecule has 1 aliphatic carbocycles. The van der Waals surface area contributed by atoms with Gasteiger partial charge in [-0.2, -0.15) is 5.20 Å². The molecule has 0 N–H and O–H groups in total. The minimum Gasteiger partial charge on any atom is -1.00 e. The second kappa shape index (κ2) is 7.73. The molecule has 0 unspecified atom stereocenters. The van der Waals surface area contributed by atoms with Gasteiger partial charge >= 0.3 is 26.2 Å². The van der Waals surface area contributed by atoms with Crippen LogP contribution in [0.15, 0.2) is 16.5 Å². The van der Waals surface area contributed by atoms with E-state index in [0.29, 0.717) is 0 Å². The van der Waals surface area contributed by atoms with Gasteiger partial charge < -0.3 is 24.8 Å². The van der Waals surface area contributed by atoms with Gasteiger partial charge in [0.05, 0.1) is 8.07 Å². The molecule has 1 aliphatic rings. The van der Waals surface area contributed by atoms with Gasteiger partial charge in [-0.3, -0.25) is 6.08 Å². The zero-order valence-electron chi connectivity index (χ0n) is 11.0. The molecule has 0 spiro atoms. The summed E-state index contributed by atoms with van der Waals surface area (Å²) in [6.07, 6.45) is 7.28. The van der Waals surface area contributed by atoms with E-state index in [9.17, 15) is 0 Å². The molecule has 0 bridgehead atoms. The van der Waals surface area contributed by atoms with Crippen molar-refractivity contribution in [1.29, 1.82) is 0 Å². The summed E-state index contributed by atoms with van der Waals surface area (Å²) in [4.78, 5) is 0. The summed E-state index contributed by atoms with van der Waals surface area (Å²) >= 11 is 0. The zero-order valence-corrected chi connectivity index (χ0v) is 17.0. The van der Waals surface area contributed by atoms with Gasteiger partial charge in [0.15, 0.2) is 0 Å². The monoisotopic (exact) mass is 369 g/mol. The quantitative estimate of drug-likeness (QED) is 0.382. The van der Waals surface area contributed by atoms with Gasteiger partial charge in [0.25, 0.3) is 0 Å². The summed E-state index contributed by atoms with van der Waals surface area (Å²) < 4.78 is 0. The van der Waals surface area contributed by atoms with E-state index >= 15 is 0 Å². The van der Waals surface area contributed by atoms with Crippen LogP contribution in [0.1, 0.15) is 6.42 Å². The predicted molar refractivity (Wildman–Crippen MR) is 66.1 cm³/mol. The fraction of sp³-hybridized carbons (Fsp3) is 0.636. The third-order valence-electron chi connectivity index (χ3n) is 2.51. The van der Waals surface area contributed by atoms with Gasteiger partial charge in [-0.05, 0) is 0 Å². The van der Waals surface area contributed by atoms with Gasteiger partial charge in [0, 0.05) is 8.07 Å². The van der Waals surface area contributed by atoms with Crippen LogP contribution in [0.3, 0.4) is 0 Å². The molecule has 0 aromatic carbocycles. The molecular formula is C11H21Cl2Si2Zr. The minimum absolute atomic E-state index is 0. The average molecular weight is 372 g/mol. The molecule has 0 nitrogen and oxygen atoms in total. The third-order valence-corrected chi connectivity index (χ3v) is 6.59. The van der Waals surface area contributed by atoms with Crippen LogP contribution >= 0.6 is 0 Å². The van der Waals surface area contributed by atoms with Crippen molar-refractivity contribution in [2.75, 3.05) is 0 Å². The van der Waals surface area contributed by atoms with Crippen LogP contribution in [0.25, 0.3) is 0 Å². The fourth-order valence-corrected chi connectivity index (χ4v) is 4.05. The van der Waals surface area contributed by atoms with E-state index in [4.69, 9.17) is 0 Å². The van der Waals surface area contributed by atoms with Crippen LogP contribution < -0.4 is 24.8 Å². The van der Waals surface area contributed by atoms with E-state index in [1.165, 1.54) is 6.42 Å². The number of hydrogen-bond acceptors (Lipinski definition) is 0. The number of hydrogen-bond donors (Lipinski definition) is 0. The van der Waals surface area contributed by atoms with E-state index in [2.05, 4.69) is 51.4 Å². The number of allylic oxidation sites excluding steroid dienone is 4. The second-order valence-electron chi connectivity index (χ2n) is 5.93. The first-order chi connectivity index (χ1) is 5.71. The average Bonchev–Trinajstić information content (AvgIpc) is 2.28. The van der Waals surface area contributed by atoms with Crippen molar-refractivity contribution in [3.05, 3.63) is 22.5 Å². The molecule has 1 rings (SSSR count). The first-order valence-electron chi connectivity index (χ1n) is 5.05. The molecule has 0 aromatic heterocycles. The van der Waals surface area contributed by atoms with Crippen molar-refractivity contribution in [1.82, 2.24) is 0 Å². The van der Waals surface area contributed by atoms with Gasteiger partial charge in [0.2, 0.25) is 0 Å². The van der Waals surface area contributed by atoms with Crippen LogP contribution in [0.4, 0.5) is 0 Å². The van der Waals surface area contributed by atoms with Crippen LogP contribution in [-0.2, 0) is 26.2 Å². The standard InChI is InChI=1S/C11H21Si2.2ClH.Zr/c1-12(2,3)10-7-8-11(9-10)13(4,5)6;;;/h7H,8H2,1-6H3;2*1H;/q-1;;;+3/p-2. The molecule has 0 saturated heterocycles. The molecule has 1 radical (unpaired) electrons. The molecule has 0 atom stereocenters. The summed E-state index contributed by atoms with van der Waals surface area (Å²) in [5.74, 6) is 0. The maximum absolute atomic E-state index is 3.67. The van der Waals surface area contributed by atoms with Crippen molar-refractivity contribution in [2.24, 2.45) is 0 Å². The summed E-state index contributed by atoms with van der Waals surface area (Å²) in [6, 6.07) is 0. The molecule has 0 aromatic rings. The van der Waals surface area contributed by atoms with Crippen molar-refractivity contribution in [2.45, 2.75) is 45.7 Å². The minimum atomic E-state index is -1.09. The van der Waals surface area contributed by atoms with Crippen molar-refractivity contribution in [3.8, 4) is 0 Å². The Morgan fingerprint density at radius 2 is 1.38 bits per heavy atom. The van der Waals surface area contributed by atoms with E-state index in [1.54, 1.807) is 10.4 Å². The van der Waals surface area contributed by atoms with E-state index in [-0.39, 0.29) is 51.0 Å². The third kappa shape index (κ3) is 6.35. The molecule has 0 fully saturated rings. The van der Waals surface area contributed by atoms with Crippen LogP contribution in [0.2, 0.25) is 39.3 Å². The van der Waals surface area contributed by atoms with Gasteiger partial charge in [0.1, 0.15) is 0 Å². The molecule has 91 valence electrons. The molecule has 0 saturated carbocycles. The fourth-order valence-electron chi connectivity index (χ4n) is 1.46. The Morgan fingerprint density at radius 1 is 0.938 bits per heavy atom. The Kier molecular flexibility index (Phi) is 10.9. The Labute approximate surface area is 134 Å². The number of rotatable bonds is 2. The van der Waals surface area contributed by atoms with Crippen molar-refractivity contribution >= 4 is 16.1 Å². The second-order valence-corrected chi connectivity index (χ2v) is 16.1. The molecule has 0 heterocycles. The van der Waals surface area contributed by atoms with Crippen LogP contribution in [0, 0.1) is 6.08 Å². The van der Waals surface area contributed by atoms with Crippen molar-refractivity contribution in [3.63, 3.8) is 0 Å². The summed E-state index contributed by atoms with van der Waals surface area (Å²) in [6.45, 7) is 14.4. The zero-order chi connectivity index (χ0) is 10.3. The summed E-state index contributed by atoms with van der Waals surface area (Å²) in [5.41, 5.74) is 0. The van der Waals surface area contributed by atoms with Crippen LogP contribution in [0.5, 0.6) is 0 Å². The topological polar surface area (TPSA) is 0 Å². The maximum Gasteiger partial charge on any atom is 3.00 e. The Morgan fingerprint density at radius 3 is 1.56 bits per heavy atom. The first-order valence-corrected chi connectivity index (χ1v) is 12.1.